The van der Waals surface area contributed by atoms with E-state index in [9.17, 15) is 4.79 Å². The molecule has 0 fully saturated rings. The van der Waals surface area contributed by atoms with Crippen molar-refractivity contribution < 1.29 is 4.79 Å². The van der Waals surface area contributed by atoms with E-state index in [4.69, 9.17) is 0 Å². The van der Waals surface area contributed by atoms with Gasteiger partial charge >= 0.3 is 0 Å². The van der Waals surface area contributed by atoms with Gasteiger partial charge in [-0.1, -0.05) is 5.57 Å². The van der Waals surface area contributed by atoms with Crippen molar-refractivity contribution in [2.24, 2.45) is 0 Å². The van der Waals surface area contributed by atoms with Gasteiger partial charge in [-0.25, -0.2) is 0 Å². The quantitative estimate of drug-likeness (QED) is 0.485. The van der Waals surface area contributed by atoms with E-state index in [1.165, 1.54) is 0 Å². The molecule has 0 rings (SSSR count). The van der Waals surface area contributed by atoms with Gasteiger partial charge in [0.15, 0.2) is 0 Å². The van der Waals surface area contributed by atoms with Crippen molar-refractivity contribution >= 4 is 5.91 Å². The topological polar surface area (TPSA) is 32.3 Å². The first kappa shape index (κ1) is 11.2. The first-order valence-corrected chi connectivity index (χ1v) is 4.09. The van der Waals surface area contributed by atoms with Crippen molar-refractivity contribution in [1.29, 1.82) is 0 Å². The highest BCUT2D eigenvalue weighted by atomic mass is 16.2. The van der Waals surface area contributed by atoms with Gasteiger partial charge < -0.3 is 10.2 Å². The van der Waals surface area contributed by atoms with Crippen LogP contribution < -0.4 is 5.32 Å². The summed E-state index contributed by atoms with van der Waals surface area (Å²) in [6.45, 7) is 7.00. The van der Waals surface area contributed by atoms with Gasteiger partial charge in [0.2, 0.25) is 5.91 Å². The van der Waals surface area contributed by atoms with Gasteiger partial charge in [0.1, 0.15) is 0 Å². The molecule has 0 heterocycles. The van der Waals surface area contributed by atoms with Crippen LogP contribution in [-0.4, -0.2) is 38.0 Å². The molecule has 0 aromatic heterocycles. The predicted octanol–water partition coefficient (Wildman–Crippen LogP) is 0.630. The highest BCUT2D eigenvalue weighted by molar-refractivity contribution is 5.77. The molecule has 70 valence electrons. The maximum atomic E-state index is 11.0. The molecule has 12 heavy (non-hydrogen) atoms. The van der Waals surface area contributed by atoms with E-state index in [1.807, 2.05) is 6.92 Å². The molecule has 1 amide bonds. The largest absolute Gasteiger partial charge is 0.348 e. The average molecular weight is 170 g/mol. The third kappa shape index (κ3) is 5.92. The molecule has 0 saturated carbocycles. The van der Waals surface area contributed by atoms with E-state index in [0.717, 1.165) is 18.5 Å². The van der Waals surface area contributed by atoms with E-state index in [2.05, 4.69) is 11.9 Å². The van der Waals surface area contributed by atoms with Crippen LogP contribution in [0.3, 0.4) is 0 Å². The minimum Gasteiger partial charge on any atom is -0.348 e. The number of likely N-dealkylation sites (N-methyl/N-ethyl adjacent to an activating group) is 1. The molecular formula is C9H18N2O. The van der Waals surface area contributed by atoms with E-state index in [1.54, 1.807) is 19.0 Å². The number of carbonyl (C=O) groups is 1. The van der Waals surface area contributed by atoms with Crippen LogP contribution in [0.4, 0.5) is 0 Å². The monoisotopic (exact) mass is 170 g/mol. The fraction of sp³-hybridized carbons (Fsp3) is 0.667. The molecule has 3 heteroatoms. The summed E-state index contributed by atoms with van der Waals surface area (Å²) in [6.07, 6.45) is 0.931. The highest BCUT2D eigenvalue weighted by Gasteiger charge is 2.01. The van der Waals surface area contributed by atoms with Crippen molar-refractivity contribution in [2.45, 2.75) is 13.3 Å². The molecule has 0 aliphatic heterocycles. The fourth-order valence-electron chi connectivity index (χ4n) is 0.655. The van der Waals surface area contributed by atoms with Crippen molar-refractivity contribution in [1.82, 2.24) is 10.2 Å². The minimum absolute atomic E-state index is 0.108. The van der Waals surface area contributed by atoms with Crippen LogP contribution >= 0.6 is 0 Å². The van der Waals surface area contributed by atoms with Crippen molar-refractivity contribution in [3.63, 3.8) is 0 Å². The Morgan fingerprint density at radius 3 is 2.50 bits per heavy atom. The Bertz CT molecular complexity index is 164. The lowest BCUT2D eigenvalue weighted by atomic mass is 10.2. The summed E-state index contributed by atoms with van der Waals surface area (Å²) in [5.74, 6) is 0.108. The summed E-state index contributed by atoms with van der Waals surface area (Å²) in [5.41, 5.74) is 1.14. The third-order valence-electron chi connectivity index (χ3n) is 1.50. The third-order valence-corrected chi connectivity index (χ3v) is 1.50. The first-order valence-electron chi connectivity index (χ1n) is 4.09. The summed E-state index contributed by atoms with van der Waals surface area (Å²) >= 11 is 0. The number of hydrogen-bond acceptors (Lipinski definition) is 2. The Balaban J connectivity index is 3.32. The molecule has 0 unspecified atom stereocenters. The van der Waals surface area contributed by atoms with Crippen LogP contribution in [0.1, 0.15) is 13.3 Å². The number of rotatable bonds is 5. The van der Waals surface area contributed by atoms with Crippen LogP contribution in [0.5, 0.6) is 0 Å². The van der Waals surface area contributed by atoms with Crippen LogP contribution in [0, 0.1) is 0 Å². The number of nitrogens with one attached hydrogen (secondary N) is 1. The fourth-order valence-corrected chi connectivity index (χ4v) is 0.655. The highest BCUT2D eigenvalue weighted by Crippen LogP contribution is 1.91. The number of nitrogens with zero attached hydrogens (tertiary/aromatic N) is 1. The smallest absolute Gasteiger partial charge is 0.236 e. The zero-order chi connectivity index (χ0) is 9.56. The second-order valence-corrected chi connectivity index (χ2v) is 3.17. The molecule has 0 aliphatic carbocycles. The molecule has 0 spiro atoms. The molecule has 0 saturated heterocycles. The van der Waals surface area contributed by atoms with Gasteiger partial charge in [0.25, 0.3) is 0 Å². The lowest BCUT2D eigenvalue weighted by Crippen LogP contribution is -2.33. The Morgan fingerprint density at radius 2 is 2.08 bits per heavy atom. The zero-order valence-corrected chi connectivity index (χ0v) is 8.18. The van der Waals surface area contributed by atoms with E-state index in [-0.39, 0.29) is 5.91 Å². The molecule has 0 aromatic carbocycles. The lowest BCUT2D eigenvalue weighted by Gasteiger charge is -2.10. The molecule has 0 atom stereocenters. The number of amides is 1. The summed E-state index contributed by atoms with van der Waals surface area (Å²) in [5, 5.41) is 3.05. The Labute approximate surface area is 74.4 Å². The second-order valence-electron chi connectivity index (χ2n) is 3.17. The normalized spacial score (nSPS) is 9.58. The van der Waals surface area contributed by atoms with Gasteiger partial charge in [-0.3, -0.25) is 4.79 Å². The molecule has 0 aliphatic rings. The Morgan fingerprint density at radius 1 is 1.50 bits per heavy atom. The van der Waals surface area contributed by atoms with Gasteiger partial charge in [-0.15, -0.1) is 6.58 Å². The maximum Gasteiger partial charge on any atom is 0.236 e. The first-order chi connectivity index (χ1) is 5.54. The van der Waals surface area contributed by atoms with Crippen LogP contribution in [0.15, 0.2) is 12.2 Å². The molecule has 3 nitrogen and oxygen atoms in total. The minimum atomic E-state index is 0.108. The number of carbonyl (C=O) groups excluding carboxylic acids is 1. The second kappa shape index (κ2) is 5.77. The predicted molar refractivity (Wildman–Crippen MR) is 51.0 cm³/mol. The van der Waals surface area contributed by atoms with Crippen LogP contribution in [-0.2, 0) is 4.79 Å². The Hall–Kier alpha value is -0.830. The summed E-state index contributed by atoms with van der Waals surface area (Å²) < 4.78 is 0. The summed E-state index contributed by atoms with van der Waals surface area (Å²) in [7, 11) is 3.51. The lowest BCUT2D eigenvalue weighted by molar-refractivity contribution is -0.127. The van der Waals surface area contributed by atoms with Gasteiger partial charge in [-0.2, -0.15) is 0 Å². The van der Waals surface area contributed by atoms with Gasteiger partial charge in [-0.05, 0) is 19.9 Å². The molecular weight excluding hydrogens is 152 g/mol. The standard InChI is InChI=1S/C9H18N2O/c1-8(2)5-6-10-7-9(12)11(3)4/h10H,1,5-7H2,2-4H3. The number of hydrogen-bond donors (Lipinski definition) is 1. The van der Waals surface area contributed by atoms with Gasteiger partial charge in [0, 0.05) is 14.1 Å². The van der Waals surface area contributed by atoms with E-state index in [0.29, 0.717) is 6.54 Å². The van der Waals surface area contributed by atoms with Gasteiger partial charge in [0.05, 0.1) is 6.54 Å². The molecule has 0 bridgehead atoms. The van der Waals surface area contributed by atoms with Crippen LogP contribution in [0.25, 0.3) is 0 Å². The summed E-state index contributed by atoms with van der Waals surface area (Å²) in [4.78, 5) is 12.6. The summed E-state index contributed by atoms with van der Waals surface area (Å²) in [6, 6.07) is 0. The zero-order valence-electron chi connectivity index (χ0n) is 8.18. The van der Waals surface area contributed by atoms with E-state index < -0.39 is 0 Å². The Kier molecular flexibility index (Phi) is 5.37. The average Bonchev–Trinajstić information content (AvgIpc) is 1.97. The van der Waals surface area contributed by atoms with Crippen LogP contribution in [0.2, 0.25) is 0 Å². The molecule has 0 aromatic rings. The molecule has 1 N–H and O–H groups in total. The molecule has 0 radical (unpaired) electrons. The van der Waals surface area contributed by atoms with Crippen molar-refractivity contribution in [3.8, 4) is 0 Å². The maximum absolute atomic E-state index is 11.0. The van der Waals surface area contributed by atoms with Crippen molar-refractivity contribution in [3.05, 3.63) is 12.2 Å². The SMILES string of the molecule is C=C(C)CCNCC(=O)N(C)C. The van der Waals surface area contributed by atoms with E-state index >= 15 is 0 Å². The van der Waals surface area contributed by atoms with Crippen molar-refractivity contribution in [2.75, 3.05) is 27.2 Å².